The van der Waals surface area contributed by atoms with E-state index < -0.39 is 5.54 Å². The number of ether oxygens (including phenoxy) is 1. The third kappa shape index (κ3) is 4.35. The Labute approximate surface area is 239 Å². The maximum atomic E-state index is 14.2. The molecule has 4 aliphatic carbocycles. The molecule has 2 aromatic rings. The number of hydrogen-bond donors (Lipinski definition) is 1. The minimum Gasteiger partial charge on any atom is -0.460 e. The van der Waals surface area contributed by atoms with Crippen LogP contribution < -0.4 is 5.32 Å². The largest absolute Gasteiger partial charge is 0.460 e. The van der Waals surface area contributed by atoms with Gasteiger partial charge in [0.2, 0.25) is 0 Å². The van der Waals surface area contributed by atoms with Crippen molar-refractivity contribution in [2.75, 3.05) is 5.32 Å². The van der Waals surface area contributed by atoms with Crippen molar-refractivity contribution < 1.29 is 14.3 Å². The lowest BCUT2D eigenvalue weighted by Gasteiger charge is -2.57. The van der Waals surface area contributed by atoms with Gasteiger partial charge in [-0.15, -0.1) is 6.58 Å². The molecule has 0 bridgehead atoms. The number of carbonyl (C=O) groups is 2. The maximum Gasteiger partial charge on any atom is 0.337 e. The first-order valence-electron chi connectivity index (χ1n) is 15.2. The molecule has 4 nitrogen and oxygen atoms in total. The van der Waals surface area contributed by atoms with Crippen LogP contribution in [0.5, 0.6) is 0 Å². The molecule has 1 N–H and O–H groups in total. The van der Waals surface area contributed by atoms with E-state index in [1.54, 1.807) is 6.08 Å². The van der Waals surface area contributed by atoms with Gasteiger partial charge in [0.1, 0.15) is 11.9 Å². The SMILES string of the molecule is C=CCC(Nc1ccccc1)(C(=O)O[C@H]1CC[C@@]2(C)C(=CC[C@@H]3[C@@H]2CC[C@]2(C)C(=O)CC[C@@H]32)C1)c1ccccc1. The van der Waals surface area contributed by atoms with Crippen LogP contribution in [0, 0.1) is 28.6 Å². The smallest absolute Gasteiger partial charge is 0.337 e. The number of Topliss-reactive ketones (excluding diaryl/α,β-unsaturated/α-hetero) is 1. The highest BCUT2D eigenvalue weighted by Crippen LogP contribution is 2.64. The highest BCUT2D eigenvalue weighted by atomic mass is 16.5. The van der Waals surface area contributed by atoms with Crippen LogP contribution in [-0.4, -0.2) is 17.9 Å². The zero-order chi connectivity index (χ0) is 28.0. The van der Waals surface area contributed by atoms with Crippen LogP contribution in [0.4, 0.5) is 5.69 Å². The second-order valence-corrected chi connectivity index (χ2v) is 13.2. The van der Waals surface area contributed by atoms with E-state index in [4.69, 9.17) is 4.74 Å². The second-order valence-electron chi connectivity index (χ2n) is 13.2. The molecule has 4 heteroatoms. The second kappa shape index (κ2) is 10.4. The molecule has 0 radical (unpaired) electrons. The van der Waals surface area contributed by atoms with Gasteiger partial charge in [-0.05, 0) is 79.4 Å². The number of para-hydroxylation sites is 1. The lowest BCUT2D eigenvalue weighted by atomic mass is 9.48. The Kier molecular flexibility index (Phi) is 7.01. The lowest BCUT2D eigenvalue weighted by molar-refractivity contribution is -0.157. The van der Waals surface area contributed by atoms with Gasteiger partial charge in [0.25, 0.3) is 0 Å². The summed E-state index contributed by atoms with van der Waals surface area (Å²) in [6, 6.07) is 19.8. The molecule has 0 amide bonds. The molecular weight excluding hydrogens is 494 g/mol. The molecule has 210 valence electrons. The zero-order valence-corrected chi connectivity index (χ0v) is 24.0. The number of rotatable bonds is 7. The molecule has 3 fully saturated rings. The topological polar surface area (TPSA) is 55.4 Å². The minimum atomic E-state index is -1.06. The summed E-state index contributed by atoms with van der Waals surface area (Å²) >= 11 is 0. The first kappa shape index (κ1) is 27.1. The molecule has 1 unspecified atom stereocenters. The Balaban J connectivity index is 1.24. The lowest BCUT2D eigenvalue weighted by Crippen LogP contribution is -2.51. The van der Waals surface area contributed by atoms with Crippen LogP contribution in [0.25, 0.3) is 0 Å². The van der Waals surface area contributed by atoms with Gasteiger partial charge in [-0.2, -0.15) is 0 Å². The number of hydrogen-bond acceptors (Lipinski definition) is 4. The van der Waals surface area contributed by atoms with Crippen LogP contribution >= 0.6 is 0 Å². The average Bonchev–Trinajstić information content (AvgIpc) is 3.28. The van der Waals surface area contributed by atoms with E-state index in [1.165, 1.54) is 5.57 Å². The molecule has 3 saturated carbocycles. The third-order valence-corrected chi connectivity index (χ3v) is 11.2. The molecule has 40 heavy (non-hydrogen) atoms. The van der Waals surface area contributed by atoms with Crippen molar-refractivity contribution >= 4 is 17.4 Å². The Morgan fingerprint density at radius 2 is 1.68 bits per heavy atom. The number of benzene rings is 2. The van der Waals surface area contributed by atoms with Crippen molar-refractivity contribution in [2.45, 2.75) is 83.3 Å². The van der Waals surface area contributed by atoms with Crippen LogP contribution in [-0.2, 0) is 19.9 Å². The molecule has 6 rings (SSSR count). The third-order valence-electron chi connectivity index (χ3n) is 11.2. The van der Waals surface area contributed by atoms with Crippen LogP contribution in [0.3, 0.4) is 0 Å². The average molecular weight is 538 g/mol. The van der Waals surface area contributed by atoms with Gasteiger partial charge in [0, 0.05) is 30.4 Å². The van der Waals surface area contributed by atoms with Crippen LogP contribution in [0.2, 0.25) is 0 Å². The van der Waals surface area contributed by atoms with Crippen LogP contribution in [0.1, 0.15) is 77.2 Å². The summed E-state index contributed by atoms with van der Waals surface area (Å²) in [6.07, 6.45) is 12.3. The van der Waals surface area contributed by atoms with Gasteiger partial charge in [-0.3, -0.25) is 4.79 Å². The highest BCUT2D eigenvalue weighted by molar-refractivity contribution is 5.87. The Morgan fingerprint density at radius 1 is 1.00 bits per heavy atom. The van der Waals surface area contributed by atoms with Crippen LogP contribution in [0.15, 0.2) is 85.0 Å². The fourth-order valence-electron chi connectivity index (χ4n) is 8.95. The number of ketones is 1. The van der Waals surface area contributed by atoms with E-state index in [9.17, 15) is 9.59 Å². The van der Waals surface area contributed by atoms with Gasteiger partial charge in [-0.25, -0.2) is 4.79 Å². The summed E-state index contributed by atoms with van der Waals surface area (Å²) in [7, 11) is 0. The predicted molar refractivity (Wildman–Crippen MR) is 160 cm³/mol. The van der Waals surface area contributed by atoms with Crippen molar-refractivity contribution in [3.8, 4) is 0 Å². The van der Waals surface area contributed by atoms with Gasteiger partial charge in [0.15, 0.2) is 5.54 Å². The van der Waals surface area contributed by atoms with Crippen molar-refractivity contribution in [2.24, 2.45) is 28.6 Å². The molecule has 0 spiro atoms. The van der Waals surface area contributed by atoms with Gasteiger partial charge in [-0.1, -0.05) is 80.1 Å². The number of allylic oxidation sites excluding steroid dienone is 1. The standard InChI is InChI=1S/C36H43NO3/c1-4-21-36(25-11-7-5-8-12-25,37-27-13-9-6-10-14-27)33(39)40-28-19-22-34(2)26(24-28)15-16-29-30-17-18-32(38)35(30,3)23-20-31(29)34/h4-15,28-31,37H,1,16-24H2,2-3H3/t28-,29-,30-,31-,34-,35-,36?/m0/s1. The van der Waals surface area contributed by atoms with Crippen molar-refractivity contribution in [3.63, 3.8) is 0 Å². The van der Waals surface area contributed by atoms with Gasteiger partial charge >= 0.3 is 5.97 Å². The van der Waals surface area contributed by atoms with E-state index in [-0.39, 0.29) is 22.9 Å². The molecule has 4 aliphatic rings. The Morgan fingerprint density at radius 3 is 2.40 bits per heavy atom. The van der Waals surface area contributed by atoms with Crippen molar-refractivity contribution in [3.05, 3.63) is 90.5 Å². The monoisotopic (exact) mass is 537 g/mol. The molecule has 0 saturated heterocycles. The molecular formula is C36H43NO3. The van der Waals surface area contributed by atoms with Crippen molar-refractivity contribution in [1.29, 1.82) is 0 Å². The normalized spacial score (nSPS) is 34.4. The van der Waals surface area contributed by atoms with Gasteiger partial charge in [0.05, 0.1) is 0 Å². The number of esters is 1. The Hall–Kier alpha value is -3.14. The summed E-state index contributed by atoms with van der Waals surface area (Å²) in [4.78, 5) is 27.0. The summed E-state index contributed by atoms with van der Waals surface area (Å²) in [5.74, 6) is 2.00. The van der Waals surface area contributed by atoms with E-state index in [1.807, 2.05) is 60.7 Å². The zero-order valence-electron chi connectivity index (χ0n) is 24.0. The van der Waals surface area contributed by atoms with E-state index in [0.717, 1.165) is 62.6 Å². The molecule has 0 aliphatic heterocycles. The fourth-order valence-corrected chi connectivity index (χ4v) is 8.95. The van der Waals surface area contributed by atoms with Crippen molar-refractivity contribution in [1.82, 2.24) is 0 Å². The first-order chi connectivity index (χ1) is 19.3. The quantitative estimate of drug-likeness (QED) is 0.287. The molecule has 2 aromatic carbocycles. The number of fused-ring (bicyclic) bond motifs is 5. The minimum absolute atomic E-state index is 0.104. The summed E-state index contributed by atoms with van der Waals surface area (Å²) in [5.41, 5.74) is 2.19. The summed E-state index contributed by atoms with van der Waals surface area (Å²) < 4.78 is 6.43. The number of carbonyl (C=O) groups excluding carboxylic acids is 2. The maximum absolute atomic E-state index is 14.2. The van der Waals surface area contributed by atoms with E-state index >= 15 is 0 Å². The van der Waals surface area contributed by atoms with E-state index in [0.29, 0.717) is 30.0 Å². The fraction of sp³-hybridized carbons (Fsp3) is 0.500. The molecule has 7 atom stereocenters. The molecule has 0 aromatic heterocycles. The highest BCUT2D eigenvalue weighted by Gasteiger charge is 2.59. The predicted octanol–water partition coefficient (Wildman–Crippen LogP) is 8.01. The van der Waals surface area contributed by atoms with Gasteiger partial charge < -0.3 is 10.1 Å². The summed E-state index contributed by atoms with van der Waals surface area (Å²) in [6.45, 7) is 8.70. The van der Waals surface area contributed by atoms with E-state index in [2.05, 4.69) is 31.8 Å². The summed E-state index contributed by atoms with van der Waals surface area (Å²) in [5, 5.41) is 3.54. The first-order valence-corrected chi connectivity index (χ1v) is 15.2. The Bertz CT molecular complexity index is 1300. The number of nitrogens with one attached hydrogen (secondary N) is 1. The number of anilines is 1. The molecule has 0 heterocycles.